The average molecular weight is 396 g/mol. The van der Waals surface area contributed by atoms with Crippen molar-refractivity contribution < 1.29 is 8.42 Å². The summed E-state index contributed by atoms with van der Waals surface area (Å²) in [6, 6.07) is 14.7. The fourth-order valence-electron chi connectivity index (χ4n) is 3.05. The maximum absolute atomic E-state index is 12.7. The van der Waals surface area contributed by atoms with Gasteiger partial charge < -0.3 is 0 Å². The van der Waals surface area contributed by atoms with E-state index in [-0.39, 0.29) is 11.3 Å². The number of hydrogen-bond acceptors (Lipinski definition) is 3. The van der Waals surface area contributed by atoms with Gasteiger partial charge in [-0.05, 0) is 56.2 Å². The molecule has 134 valence electrons. The summed E-state index contributed by atoms with van der Waals surface area (Å²) in [6.45, 7) is 1.95. The van der Waals surface area contributed by atoms with Crippen LogP contribution in [0.5, 0.6) is 0 Å². The molecule has 1 saturated carbocycles. The van der Waals surface area contributed by atoms with E-state index in [4.69, 9.17) is 11.6 Å². The van der Waals surface area contributed by atoms with Gasteiger partial charge in [0.2, 0.25) is 10.0 Å². The first-order valence-electron chi connectivity index (χ1n) is 8.45. The molecule has 0 unspecified atom stereocenters. The van der Waals surface area contributed by atoms with Gasteiger partial charge in [-0.25, -0.2) is 13.1 Å². The summed E-state index contributed by atoms with van der Waals surface area (Å²) < 4.78 is 28.4. The molecule has 0 aromatic heterocycles. The maximum atomic E-state index is 12.7. The molecule has 2 aromatic carbocycles. The monoisotopic (exact) mass is 395 g/mol. The van der Waals surface area contributed by atoms with Crippen LogP contribution >= 0.6 is 23.4 Å². The molecule has 0 heterocycles. The Kier molecular flexibility index (Phi) is 6.10. The van der Waals surface area contributed by atoms with Crippen molar-refractivity contribution >= 4 is 33.4 Å². The summed E-state index contributed by atoms with van der Waals surface area (Å²) in [5.41, 5.74) is 1.05. The molecule has 2 aromatic rings. The number of rotatable bonds is 5. The fourth-order valence-corrected chi connectivity index (χ4v) is 5.86. The lowest BCUT2D eigenvalue weighted by Crippen LogP contribution is -2.43. The van der Waals surface area contributed by atoms with Crippen LogP contribution in [0.4, 0.5) is 0 Å². The van der Waals surface area contributed by atoms with Gasteiger partial charge in [0.1, 0.15) is 0 Å². The minimum Gasteiger partial charge on any atom is -0.207 e. The zero-order valence-electron chi connectivity index (χ0n) is 14.1. The molecule has 1 aliphatic rings. The van der Waals surface area contributed by atoms with Crippen LogP contribution in [0.25, 0.3) is 0 Å². The Hall–Kier alpha value is -1.01. The average Bonchev–Trinajstić information content (AvgIpc) is 2.59. The molecule has 0 bridgehead atoms. The van der Waals surface area contributed by atoms with E-state index in [0.717, 1.165) is 36.1 Å². The van der Waals surface area contributed by atoms with Gasteiger partial charge in [-0.3, -0.25) is 0 Å². The Bertz CT molecular complexity index is 804. The van der Waals surface area contributed by atoms with E-state index in [1.807, 2.05) is 43.3 Å². The van der Waals surface area contributed by atoms with Crippen molar-refractivity contribution in [3.8, 4) is 0 Å². The molecule has 1 fully saturated rings. The van der Waals surface area contributed by atoms with Gasteiger partial charge in [-0.2, -0.15) is 0 Å². The summed E-state index contributed by atoms with van der Waals surface area (Å²) in [6.07, 6.45) is 4.07. The topological polar surface area (TPSA) is 46.2 Å². The van der Waals surface area contributed by atoms with Gasteiger partial charge in [-0.1, -0.05) is 42.1 Å². The van der Waals surface area contributed by atoms with Crippen molar-refractivity contribution in [3.05, 3.63) is 59.1 Å². The number of aryl methyl sites for hydroxylation is 1. The zero-order valence-corrected chi connectivity index (χ0v) is 16.5. The molecule has 6 heteroatoms. The van der Waals surface area contributed by atoms with E-state index in [9.17, 15) is 8.42 Å². The third kappa shape index (κ3) is 5.00. The molecular formula is C19H22ClNO2S2. The van der Waals surface area contributed by atoms with Gasteiger partial charge in [0.15, 0.2) is 0 Å². The summed E-state index contributed by atoms with van der Waals surface area (Å²) in [5, 5.41) is 0.944. The molecule has 1 N–H and O–H groups in total. The van der Waals surface area contributed by atoms with Crippen molar-refractivity contribution in [1.29, 1.82) is 0 Å². The molecule has 25 heavy (non-hydrogen) atoms. The van der Waals surface area contributed by atoms with E-state index in [0.29, 0.717) is 9.92 Å². The number of benzene rings is 2. The van der Waals surface area contributed by atoms with Crippen LogP contribution in [0.2, 0.25) is 5.02 Å². The van der Waals surface area contributed by atoms with Crippen LogP contribution in [0, 0.1) is 6.92 Å². The minimum absolute atomic E-state index is 0.0549. The van der Waals surface area contributed by atoms with Gasteiger partial charge >= 0.3 is 0 Å². The Morgan fingerprint density at radius 2 is 1.64 bits per heavy atom. The molecule has 0 saturated heterocycles. The molecule has 0 radical (unpaired) electrons. The summed E-state index contributed by atoms with van der Waals surface area (Å²) >= 11 is 7.68. The molecule has 0 spiro atoms. The van der Waals surface area contributed by atoms with Crippen LogP contribution in [-0.2, 0) is 10.0 Å². The third-order valence-electron chi connectivity index (χ3n) is 4.44. The highest BCUT2D eigenvalue weighted by molar-refractivity contribution is 8.00. The van der Waals surface area contributed by atoms with E-state index in [1.165, 1.54) is 0 Å². The van der Waals surface area contributed by atoms with Crippen LogP contribution in [0.3, 0.4) is 0 Å². The Morgan fingerprint density at radius 1 is 1.00 bits per heavy atom. The largest absolute Gasteiger partial charge is 0.240 e. The molecule has 0 amide bonds. The fraction of sp³-hybridized carbons (Fsp3) is 0.368. The molecule has 3 nitrogen and oxygen atoms in total. The van der Waals surface area contributed by atoms with Crippen molar-refractivity contribution in [3.63, 3.8) is 0 Å². The SMILES string of the molecule is Cc1ccc(S(=O)(=O)N[C@H]2CCCC[C@@H]2Sc2ccc(Cl)cc2)cc1. The van der Waals surface area contributed by atoms with Crippen LogP contribution in [0.1, 0.15) is 31.2 Å². The summed E-state index contributed by atoms with van der Waals surface area (Å²) in [7, 11) is -3.49. The Labute approximate surface area is 159 Å². The Balaban J connectivity index is 1.74. The second-order valence-corrected chi connectivity index (χ2v) is 9.90. The quantitative estimate of drug-likeness (QED) is 0.772. The summed E-state index contributed by atoms with van der Waals surface area (Å²) in [4.78, 5) is 1.45. The highest BCUT2D eigenvalue weighted by Crippen LogP contribution is 2.35. The number of nitrogens with one attached hydrogen (secondary N) is 1. The van der Waals surface area contributed by atoms with Crippen LogP contribution in [-0.4, -0.2) is 19.7 Å². The molecule has 2 atom stereocenters. The lowest BCUT2D eigenvalue weighted by molar-refractivity contribution is 0.423. The van der Waals surface area contributed by atoms with Crippen LogP contribution < -0.4 is 4.72 Å². The smallest absolute Gasteiger partial charge is 0.207 e. The Morgan fingerprint density at radius 3 is 2.32 bits per heavy atom. The lowest BCUT2D eigenvalue weighted by Gasteiger charge is -2.31. The van der Waals surface area contributed by atoms with Crippen molar-refractivity contribution in [2.45, 2.75) is 53.7 Å². The summed E-state index contributed by atoms with van der Waals surface area (Å²) in [5.74, 6) is 0. The van der Waals surface area contributed by atoms with Crippen LogP contribution in [0.15, 0.2) is 58.3 Å². The van der Waals surface area contributed by atoms with E-state index < -0.39 is 10.0 Å². The van der Waals surface area contributed by atoms with Crippen molar-refractivity contribution in [2.75, 3.05) is 0 Å². The zero-order chi connectivity index (χ0) is 17.9. The normalized spacial score (nSPS) is 21.2. The molecule has 1 aliphatic carbocycles. The van der Waals surface area contributed by atoms with Crippen molar-refractivity contribution in [2.24, 2.45) is 0 Å². The lowest BCUT2D eigenvalue weighted by atomic mass is 9.96. The minimum atomic E-state index is -3.49. The van der Waals surface area contributed by atoms with Gasteiger partial charge in [0.25, 0.3) is 0 Å². The first-order chi connectivity index (χ1) is 11.9. The van der Waals surface area contributed by atoms with E-state index >= 15 is 0 Å². The number of halogens is 1. The van der Waals surface area contributed by atoms with E-state index in [2.05, 4.69) is 4.72 Å². The maximum Gasteiger partial charge on any atom is 0.240 e. The van der Waals surface area contributed by atoms with E-state index in [1.54, 1.807) is 23.9 Å². The first kappa shape index (κ1) is 18.8. The number of sulfonamides is 1. The van der Waals surface area contributed by atoms with Gasteiger partial charge in [0.05, 0.1) is 4.90 Å². The molecule has 3 rings (SSSR count). The second-order valence-electron chi connectivity index (χ2n) is 6.44. The van der Waals surface area contributed by atoms with Crippen molar-refractivity contribution in [1.82, 2.24) is 4.72 Å². The highest BCUT2D eigenvalue weighted by atomic mass is 35.5. The third-order valence-corrected chi connectivity index (χ3v) is 7.61. The predicted octanol–water partition coefficient (Wildman–Crippen LogP) is 5.03. The molecule has 0 aliphatic heterocycles. The van der Waals surface area contributed by atoms with Gasteiger partial charge in [0, 0.05) is 21.2 Å². The number of thioether (sulfide) groups is 1. The first-order valence-corrected chi connectivity index (χ1v) is 11.2. The second kappa shape index (κ2) is 8.12. The molecular weight excluding hydrogens is 374 g/mol. The standard InChI is InChI=1S/C19H22ClNO2S2/c1-14-6-12-17(13-7-14)25(22,23)21-18-4-2-3-5-19(18)24-16-10-8-15(20)9-11-16/h6-13,18-19,21H,2-5H2,1H3/t18-,19-/m0/s1. The number of hydrogen-bond donors (Lipinski definition) is 1. The van der Waals surface area contributed by atoms with Gasteiger partial charge in [-0.15, -0.1) is 11.8 Å². The predicted molar refractivity (Wildman–Crippen MR) is 105 cm³/mol. The highest BCUT2D eigenvalue weighted by Gasteiger charge is 2.30.